The van der Waals surface area contributed by atoms with Gasteiger partial charge in [-0.2, -0.15) is 0 Å². The van der Waals surface area contributed by atoms with E-state index in [1.807, 2.05) is 13.8 Å². The summed E-state index contributed by atoms with van der Waals surface area (Å²) >= 11 is 0. The number of aromatic nitrogens is 1. The molecule has 0 bridgehead atoms. The summed E-state index contributed by atoms with van der Waals surface area (Å²) in [6.07, 6.45) is 3.70. The molecule has 0 spiro atoms. The topological polar surface area (TPSA) is 63.2 Å². The van der Waals surface area contributed by atoms with Gasteiger partial charge in [0.1, 0.15) is 0 Å². The molecule has 0 radical (unpaired) electrons. The van der Waals surface area contributed by atoms with E-state index in [1.54, 1.807) is 18.3 Å². The lowest BCUT2D eigenvalue weighted by Crippen LogP contribution is -2.52. The van der Waals surface area contributed by atoms with E-state index in [0.717, 1.165) is 19.4 Å². The molecule has 1 aliphatic rings. The molecular weight excluding hydrogens is 254 g/mol. The molecule has 1 aromatic rings. The Balaban J connectivity index is 2.08. The SMILES string of the molecule is CC(C)Oc1cccnc1C(=O)NC1CCCNC1C. The molecule has 1 aliphatic heterocycles. The van der Waals surface area contributed by atoms with E-state index in [0.29, 0.717) is 11.4 Å². The summed E-state index contributed by atoms with van der Waals surface area (Å²) in [5.74, 6) is 0.373. The molecule has 110 valence electrons. The van der Waals surface area contributed by atoms with Gasteiger partial charge in [-0.25, -0.2) is 4.98 Å². The molecule has 0 saturated carbocycles. The van der Waals surface area contributed by atoms with Gasteiger partial charge >= 0.3 is 0 Å². The molecule has 1 saturated heterocycles. The lowest BCUT2D eigenvalue weighted by atomic mass is 10.00. The highest BCUT2D eigenvalue weighted by Gasteiger charge is 2.24. The minimum atomic E-state index is -0.165. The molecule has 20 heavy (non-hydrogen) atoms. The van der Waals surface area contributed by atoms with Crippen LogP contribution in [0.15, 0.2) is 18.3 Å². The first-order chi connectivity index (χ1) is 9.58. The van der Waals surface area contributed by atoms with Crippen LogP contribution in [-0.4, -0.2) is 35.6 Å². The van der Waals surface area contributed by atoms with Gasteiger partial charge in [0.25, 0.3) is 5.91 Å². The molecule has 2 unspecified atom stereocenters. The van der Waals surface area contributed by atoms with Gasteiger partial charge in [-0.1, -0.05) is 0 Å². The lowest BCUT2D eigenvalue weighted by Gasteiger charge is -2.30. The van der Waals surface area contributed by atoms with Crippen molar-refractivity contribution in [2.24, 2.45) is 0 Å². The number of pyridine rings is 1. The predicted molar refractivity (Wildman–Crippen MR) is 78.0 cm³/mol. The summed E-state index contributed by atoms with van der Waals surface area (Å²) in [7, 11) is 0. The van der Waals surface area contributed by atoms with Crippen molar-refractivity contribution in [2.75, 3.05) is 6.54 Å². The number of carbonyl (C=O) groups is 1. The Morgan fingerprint density at radius 3 is 3.05 bits per heavy atom. The summed E-state index contributed by atoms with van der Waals surface area (Å²) in [5, 5.41) is 6.42. The number of ether oxygens (including phenoxy) is 1. The Morgan fingerprint density at radius 2 is 2.35 bits per heavy atom. The van der Waals surface area contributed by atoms with Gasteiger partial charge in [-0.3, -0.25) is 4.79 Å². The van der Waals surface area contributed by atoms with Crippen molar-refractivity contribution in [3.8, 4) is 5.75 Å². The summed E-state index contributed by atoms with van der Waals surface area (Å²) in [5.41, 5.74) is 0.360. The van der Waals surface area contributed by atoms with Crippen LogP contribution in [0.25, 0.3) is 0 Å². The molecule has 2 N–H and O–H groups in total. The Morgan fingerprint density at radius 1 is 1.55 bits per heavy atom. The van der Waals surface area contributed by atoms with Crippen LogP contribution < -0.4 is 15.4 Å². The average molecular weight is 277 g/mol. The van der Waals surface area contributed by atoms with E-state index in [1.165, 1.54) is 0 Å². The van der Waals surface area contributed by atoms with Crippen molar-refractivity contribution in [3.05, 3.63) is 24.0 Å². The van der Waals surface area contributed by atoms with Crippen LogP contribution in [-0.2, 0) is 0 Å². The number of amides is 1. The first-order valence-electron chi connectivity index (χ1n) is 7.24. The van der Waals surface area contributed by atoms with E-state index in [9.17, 15) is 4.79 Å². The van der Waals surface area contributed by atoms with Gasteiger partial charge in [0, 0.05) is 18.3 Å². The first kappa shape index (κ1) is 14.8. The Hall–Kier alpha value is -1.62. The van der Waals surface area contributed by atoms with Gasteiger partial charge in [0.05, 0.1) is 6.10 Å². The van der Waals surface area contributed by atoms with Crippen molar-refractivity contribution >= 4 is 5.91 Å². The smallest absolute Gasteiger partial charge is 0.274 e. The van der Waals surface area contributed by atoms with E-state index < -0.39 is 0 Å². The standard InChI is InChI=1S/C15H23N3O2/c1-10(2)20-13-7-5-9-17-14(13)15(19)18-12-6-4-8-16-11(12)3/h5,7,9-12,16H,4,6,8H2,1-3H3,(H,18,19). The Kier molecular flexibility index (Phi) is 4.95. The molecule has 0 aliphatic carbocycles. The third-order valence-corrected chi connectivity index (χ3v) is 3.43. The maximum atomic E-state index is 12.4. The Bertz CT molecular complexity index is 462. The second-order valence-electron chi connectivity index (χ2n) is 5.48. The van der Waals surface area contributed by atoms with E-state index in [4.69, 9.17) is 4.74 Å². The van der Waals surface area contributed by atoms with Gasteiger partial charge in [-0.05, 0) is 52.3 Å². The molecule has 2 rings (SSSR count). The second-order valence-corrected chi connectivity index (χ2v) is 5.48. The van der Waals surface area contributed by atoms with Gasteiger partial charge < -0.3 is 15.4 Å². The number of hydrogen-bond donors (Lipinski definition) is 2. The van der Waals surface area contributed by atoms with Crippen LogP contribution >= 0.6 is 0 Å². The van der Waals surface area contributed by atoms with Crippen LogP contribution in [0, 0.1) is 0 Å². The zero-order chi connectivity index (χ0) is 14.5. The Labute approximate surface area is 120 Å². The second kappa shape index (κ2) is 6.70. The van der Waals surface area contributed by atoms with Crippen LogP contribution in [0.4, 0.5) is 0 Å². The number of piperidine rings is 1. The molecule has 5 heteroatoms. The third kappa shape index (κ3) is 3.70. The van der Waals surface area contributed by atoms with Crippen LogP contribution in [0.1, 0.15) is 44.1 Å². The highest BCUT2D eigenvalue weighted by Crippen LogP contribution is 2.18. The molecule has 1 aromatic heterocycles. The number of nitrogens with zero attached hydrogens (tertiary/aromatic N) is 1. The minimum Gasteiger partial charge on any atom is -0.489 e. The largest absolute Gasteiger partial charge is 0.489 e. The summed E-state index contributed by atoms with van der Waals surface area (Å²) < 4.78 is 5.64. The number of hydrogen-bond acceptors (Lipinski definition) is 4. The van der Waals surface area contributed by atoms with Crippen molar-refractivity contribution in [3.63, 3.8) is 0 Å². The fraction of sp³-hybridized carbons (Fsp3) is 0.600. The quantitative estimate of drug-likeness (QED) is 0.880. The summed E-state index contributed by atoms with van der Waals surface area (Å²) in [6.45, 7) is 6.97. The van der Waals surface area contributed by atoms with Gasteiger partial charge in [0.2, 0.25) is 0 Å². The number of carbonyl (C=O) groups excluding carboxylic acids is 1. The molecular formula is C15H23N3O2. The van der Waals surface area contributed by atoms with E-state index >= 15 is 0 Å². The van der Waals surface area contributed by atoms with Gasteiger partial charge in [-0.15, -0.1) is 0 Å². The predicted octanol–water partition coefficient (Wildman–Crippen LogP) is 1.74. The monoisotopic (exact) mass is 277 g/mol. The molecule has 0 aromatic carbocycles. The molecule has 5 nitrogen and oxygen atoms in total. The van der Waals surface area contributed by atoms with Crippen LogP contribution in [0.5, 0.6) is 5.75 Å². The highest BCUT2D eigenvalue weighted by molar-refractivity contribution is 5.95. The fourth-order valence-corrected chi connectivity index (χ4v) is 2.39. The highest BCUT2D eigenvalue weighted by atomic mass is 16.5. The third-order valence-electron chi connectivity index (χ3n) is 3.43. The van der Waals surface area contributed by atoms with Crippen molar-refractivity contribution in [1.82, 2.24) is 15.6 Å². The lowest BCUT2D eigenvalue weighted by molar-refractivity contribution is 0.0908. The van der Waals surface area contributed by atoms with Crippen molar-refractivity contribution < 1.29 is 9.53 Å². The zero-order valence-electron chi connectivity index (χ0n) is 12.3. The minimum absolute atomic E-state index is 0.0148. The van der Waals surface area contributed by atoms with Crippen LogP contribution in [0.2, 0.25) is 0 Å². The molecule has 1 amide bonds. The molecule has 1 fully saturated rings. The van der Waals surface area contributed by atoms with E-state index in [-0.39, 0.29) is 24.1 Å². The maximum absolute atomic E-state index is 12.4. The normalized spacial score (nSPS) is 22.6. The molecule has 2 atom stereocenters. The summed E-state index contributed by atoms with van der Waals surface area (Å²) in [4.78, 5) is 16.5. The first-order valence-corrected chi connectivity index (χ1v) is 7.24. The summed E-state index contributed by atoms with van der Waals surface area (Å²) in [6, 6.07) is 3.99. The van der Waals surface area contributed by atoms with Crippen LogP contribution in [0.3, 0.4) is 0 Å². The number of rotatable bonds is 4. The zero-order valence-corrected chi connectivity index (χ0v) is 12.3. The maximum Gasteiger partial charge on any atom is 0.274 e. The fourth-order valence-electron chi connectivity index (χ4n) is 2.39. The molecule has 2 heterocycles. The average Bonchev–Trinajstić information content (AvgIpc) is 2.41. The van der Waals surface area contributed by atoms with Crippen molar-refractivity contribution in [1.29, 1.82) is 0 Å². The van der Waals surface area contributed by atoms with Crippen molar-refractivity contribution in [2.45, 2.75) is 51.8 Å². The number of nitrogens with one attached hydrogen (secondary N) is 2. The van der Waals surface area contributed by atoms with Gasteiger partial charge in [0.15, 0.2) is 11.4 Å². The van der Waals surface area contributed by atoms with E-state index in [2.05, 4.69) is 22.5 Å².